The Balaban J connectivity index is 1.63. The fraction of sp³-hybridized carbons (Fsp3) is 0.400. The largest absolute Gasteiger partial charge is 0.494 e. The van der Waals surface area contributed by atoms with E-state index in [-0.39, 0.29) is 17.3 Å². The number of benzene rings is 2. The summed E-state index contributed by atoms with van der Waals surface area (Å²) in [5, 5.41) is 10.5. The highest BCUT2D eigenvalue weighted by Gasteiger charge is 2.30. The van der Waals surface area contributed by atoms with Gasteiger partial charge in [-0.25, -0.2) is 8.78 Å². The number of halogens is 2. The van der Waals surface area contributed by atoms with Crippen molar-refractivity contribution in [2.45, 2.75) is 25.2 Å². The third-order valence-electron chi connectivity index (χ3n) is 4.67. The number of piperidine rings is 1. The molecule has 0 aromatic heterocycles. The molecule has 0 radical (unpaired) electrons. The Morgan fingerprint density at radius 3 is 2.56 bits per heavy atom. The molecule has 1 saturated heterocycles. The van der Waals surface area contributed by atoms with Crippen LogP contribution >= 0.6 is 0 Å². The molecule has 27 heavy (non-hydrogen) atoms. The second kappa shape index (κ2) is 8.54. The summed E-state index contributed by atoms with van der Waals surface area (Å²) in [5.41, 5.74) is 0.515. The molecule has 1 N–H and O–H groups in total. The van der Waals surface area contributed by atoms with Crippen molar-refractivity contribution in [3.05, 3.63) is 53.6 Å². The van der Waals surface area contributed by atoms with Gasteiger partial charge in [-0.1, -0.05) is 12.1 Å². The van der Waals surface area contributed by atoms with Gasteiger partial charge in [0.1, 0.15) is 18.0 Å². The highest BCUT2D eigenvalue weighted by atomic mass is 19.1. The molecule has 2 aromatic carbocycles. The van der Waals surface area contributed by atoms with E-state index in [9.17, 15) is 13.9 Å². The number of aliphatic hydroxyl groups is 1. The standard InChI is InChI=1S/C20H23F2NO4/c1-25-18-5-3-4-13(20(18)22)11-23-9-8-16(15(24)12-23)27-17-7-6-14(21)10-19(17)26-2/h3-7,10,15-16,24H,8-9,11-12H2,1-2H3/t15-,16-/m1/s1. The smallest absolute Gasteiger partial charge is 0.169 e. The van der Waals surface area contributed by atoms with Crippen LogP contribution in [0.4, 0.5) is 8.78 Å². The maximum atomic E-state index is 14.3. The lowest BCUT2D eigenvalue weighted by atomic mass is 10.0. The van der Waals surface area contributed by atoms with Crippen molar-refractivity contribution in [2.24, 2.45) is 0 Å². The molecular weight excluding hydrogens is 356 g/mol. The van der Waals surface area contributed by atoms with Gasteiger partial charge in [-0.05, 0) is 24.6 Å². The lowest BCUT2D eigenvalue weighted by molar-refractivity contribution is -0.0285. The van der Waals surface area contributed by atoms with E-state index in [1.165, 1.54) is 32.4 Å². The lowest BCUT2D eigenvalue weighted by Gasteiger charge is -2.36. The number of likely N-dealkylation sites (tertiary alicyclic amines) is 1. The molecule has 2 aromatic rings. The van der Waals surface area contributed by atoms with Gasteiger partial charge < -0.3 is 19.3 Å². The number of methoxy groups -OCH3 is 2. The van der Waals surface area contributed by atoms with E-state index < -0.39 is 18.0 Å². The summed E-state index contributed by atoms with van der Waals surface area (Å²) in [4.78, 5) is 1.96. The zero-order valence-corrected chi connectivity index (χ0v) is 15.3. The SMILES string of the molecule is COc1cc(F)ccc1O[C@@H]1CCN(Cc2cccc(OC)c2F)C[C@H]1O. The molecule has 1 aliphatic heterocycles. The van der Waals surface area contributed by atoms with Crippen LogP contribution in [0.15, 0.2) is 36.4 Å². The number of rotatable bonds is 6. The predicted octanol–water partition coefficient (Wildman–Crippen LogP) is 3.00. The first kappa shape index (κ1) is 19.4. The maximum absolute atomic E-state index is 14.3. The number of hydrogen-bond acceptors (Lipinski definition) is 5. The second-order valence-electron chi connectivity index (χ2n) is 6.48. The van der Waals surface area contributed by atoms with Gasteiger partial charge in [0.05, 0.1) is 14.2 Å². The van der Waals surface area contributed by atoms with E-state index in [2.05, 4.69) is 0 Å². The molecule has 3 rings (SSSR count). The van der Waals surface area contributed by atoms with Crippen LogP contribution in [-0.4, -0.2) is 49.5 Å². The molecule has 0 saturated carbocycles. The van der Waals surface area contributed by atoms with Gasteiger partial charge in [-0.3, -0.25) is 4.90 Å². The van der Waals surface area contributed by atoms with E-state index in [1.54, 1.807) is 18.2 Å². The third kappa shape index (κ3) is 4.48. The Kier molecular flexibility index (Phi) is 6.13. The van der Waals surface area contributed by atoms with Crippen molar-refractivity contribution in [3.8, 4) is 17.2 Å². The van der Waals surface area contributed by atoms with E-state index in [0.717, 1.165) is 0 Å². The molecule has 0 amide bonds. The van der Waals surface area contributed by atoms with E-state index >= 15 is 0 Å². The van der Waals surface area contributed by atoms with Crippen LogP contribution in [0.3, 0.4) is 0 Å². The Hall–Kier alpha value is -2.38. The first-order valence-corrected chi connectivity index (χ1v) is 8.73. The van der Waals surface area contributed by atoms with Crippen LogP contribution in [0.25, 0.3) is 0 Å². The fourth-order valence-corrected chi connectivity index (χ4v) is 3.24. The van der Waals surface area contributed by atoms with Gasteiger partial charge in [0.15, 0.2) is 23.1 Å². The third-order valence-corrected chi connectivity index (χ3v) is 4.67. The van der Waals surface area contributed by atoms with Gasteiger partial charge in [-0.2, -0.15) is 0 Å². The number of aliphatic hydroxyl groups excluding tert-OH is 1. The van der Waals surface area contributed by atoms with E-state index in [1.807, 2.05) is 4.90 Å². The van der Waals surface area contributed by atoms with Crippen molar-refractivity contribution >= 4 is 0 Å². The first-order valence-electron chi connectivity index (χ1n) is 8.73. The lowest BCUT2D eigenvalue weighted by Crippen LogP contribution is -2.48. The van der Waals surface area contributed by atoms with E-state index in [0.29, 0.717) is 37.4 Å². The second-order valence-corrected chi connectivity index (χ2v) is 6.48. The first-order chi connectivity index (χ1) is 13.0. The van der Waals surface area contributed by atoms with Gasteiger partial charge in [0, 0.05) is 31.3 Å². The summed E-state index contributed by atoms with van der Waals surface area (Å²) in [7, 11) is 2.86. The molecule has 146 valence electrons. The summed E-state index contributed by atoms with van der Waals surface area (Å²) in [6.07, 6.45) is -0.661. The monoisotopic (exact) mass is 379 g/mol. The van der Waals surface area contributed by atoms with Crippen molar-refractivity contribution in [3.63, 3.8) is 0 Å². The fourth-order valence-electron chi connectivity index (χ4n) is 3.24. The zero-order chi connectivity index (χ0) is 19.4. The van der Waals surface area contributed by atoms with Crippen LogP contribution in [0.5, 0.6) is 17.2 Å². The molecule has 7 heteroatoms. The van der Waals surface area contributed by atoms with Crippen molar-refractivity contribution in [2.75, 3.05) is 27.3 Å². The van der Waals surface area contributed by atoms with Crippen LogP contribution in [0.2, 0.25) is 0 Å². The zero-order valence-electron chi connectivity index (χ0n) is 15.3. The summed E-state index contributed by atoms with van der Waals surface area (Å²) < 4.78 is 43.6. The molecule has 0 bridgehead atoms. The molecule has 1 aliphatic rings. The molecule has 2 atom stereocenters. The summed E-state index contributed by atoms with van der Waals surface area (Å²) in [6.45, 7) is 1.33. The van der Waals surface area contributed by atoms with Crippen molar-refractivity contribution < 1.29 is 28.1 Å². The van der Waals surface area contributed by atoms with Gasteiger partial charge in [0.25, 0.3) is 0 Å². The molecule has 0 aliphatic carbocycles. The Bertz CT molecular complexity index is 787. The molecular formula is C20H23F2NO4. The normalized spacial score (nSPS) is 20.3. The van der Waals surface area contributed by atoms with Crippen molar-refractivity contribution in [1.82, 2.24) is 4.90 Å². The predicted molar refractivity (Wildman–Crippen MR) is 96.2 cm³/mol. The Labute approximate surface area is 157 Å². The van der Waals surface area contributed by atoms with Crippen LogP contribution in [0.1, 0.15) is 12.0 Å². The van der Waals surface area contributed by atoms with Gasteiger partial charge >= 0.3 is 0 Å². The minimum Gasteiger partial charge on any atom is -0.494 e. The van der Waals surface area contributed by atoms with Gasteiger partial charge in [0.2, 0.25) is 0 Å². The quantitative estimate of drug-likeness (QED) is 0.836. The Morgan fingerprint density at radius 2 is 1.85 bits per heavy atom. The maximum Gasteiger partial charge on any atom is 0.169 e. The van der Waals surface area contributed by atoms with Gasteiger partial charge in [-0.15, -0.1) is 0 Å². The molecule has 1 heterocycles. The minimum atomic E-state index is -0.762. The molecule has 0 spiro atoms. The Morgan fingerprint density at radius 1 is 1.07 bits per heavy atom. The van der Waals surface area contributed by atoms with Crippen LogP contribution < -0.4 is 14.2 Å². The van der Waals surface area contributed by atoms with Crippen molar-refractivity contribution in [1.29, 1.82) is 0 Å². The van der Waals surface area contributed by atoms with Crippen LogP contribution in [-0.2, 0) is 6.54 Å². The van der Waals surface area contributed by atoms with Crippen LogP contribution in [0, 0.1) is 11.6 Å². The number of ether oxygens (including phenoxy) is 3. The molecule has 5 nitrogen and oxygen atoms in total. The van der Waals surface area contributed by atoms with E-state index in [4.69, 9.17) is 14.2 Å². The number of nitrogens with zero attached hydrogens (tertiary/aromatic N) is 1. The number of β-amino-alcohol motifs (C(OH)–C–C–N with tert-alkyl or cyclic N) is 1. The highest BCUT2D eigenvalue weighted by molar-refractivity contribution is 5.40. The molecule has 1 fully saturated rings. The number of hydrogen-bond donors (Lipinski definition) is 1. The highest BCUT2D eigenvalue weighted by Crippen LogP contribution is 2.31. The average Bonchev–Trinajstić information content (AvgIpc) is 2.66. The summed E-state index contributed by atoms with van der Waals surface area (Å²) in [6, 6.07) is 9.02. The summed E-state index contributed by atoms with van der Waals surface area (Å²) in [5.74, 6) is 0.0618. The molecule has 0 unspecified atom stereocenters. The summed E-state index contributed by atoms with van der Waals surface area (Å²) >= 11 is 0. The topological polar surface area (TPSA) is 51.2 Å². The minimum absolute atomic E-state index is 0.203. The average molecular weight is 379 g/mol.